The summed E-state index contributed by atoms with van der Waals surface area (Å²) in [5.41, 5.74) is 5.08. The monoisotopic (exact) mass is 556 g/mol. The predicted molar refractivity (Wildman–Crippen MR) is 160 cm³/mol. The largest absolute Gasteiger partial charge is 0.360 e. The Labute approximate surface area is 239 Å². The minimum atomic E-state index is -0.161. The molecule has 1 N–H and O–H groups in total. The van der Waals surface area contributed by atoms with Crippen LogP contribution in [0.1, 0.15) is 94.2 Å². The highest BCUT2D eigenvalue weighted by molar-refractivity contribution is 7.09. The number of aromatic nitrogens is 2. The Hall–Kier alpha value is -2.58. The summed E-state index contributed by atoms with van der Waals surface area (Å²) in [5.74, 6) is 1.75. The summed E-state index contributed by atoms with van der Waals surface area (Å²) < 4.78 is 5.00. The molecule has 0 bridgehead atoms. The number of likely N-dealkylation sites (tertiary alicyclic amines) is 1. The number of rotatable bonds is 9. The van der Waals surface area contributed by atoms with Crippen molar-refractivity contribution in [1.82, 2.24) is 20.4 Å². The number of thiazole rings is 1. The number of carbonyl (C=O) groups excluding carboxylic acids is 2. The number of allylic oxidation sites excluding steroid dienone is 2. The summed E-state index contributed by atoms with van der Waals surface area (Å²) >= 11 is 1.72. The molecule has 0 spiro atoms. The Morgan fingerprint density at radius 2 is 1.97 bits per heavy atom. The number of hydrogen-bond donors (Lipinski definition) is 1. The maximum atomic E-state index is 10.8. The van der Waals surface area contributed by atoms with E-state index >= 15 is 0 Å². The number of nitrogens with one attached hydrogen (secondary N) is 1. The summed E-state index contributed by atoms with van der Waals surface area (Å²) in [7, 11) is 2.19. The molecule has 216 valence electrons. The first-order valence-corrected chi connectivity index (χ1v) is 15.0. The SMILES string of the molecule is CC1CCCN1C.Cc1cc(C(C=O)C(C)C)on1.Cc1ncsc1C1C=CC(C(CC(C)C)NC=O)=CC1. The van der Waals surface area contributed by atoms with Crippen LogP contribution in [0.5, 0.6) is 0 Å². The van der Waals surface area contributed by atoms with Crippen molar-refractivity contribution < 1.29 is 14.1 Å². The third kappa shape index (κ3) is 10.5. The smallest absolute Gasteiger partial charge is 0.207 e. The molecule has 0 saturated carbocycles. The fraction of sp³-hybridized carbons (Fsp3) is 0.613. The summed E-state index contributed by atoms with van der Waals surface area (Å²) in [6.45, 7) is 15.8. The minimum absolute atomic E-state index is 0.132. The summed E-state index contributed by atoms with van der Waals surface area (Å²) in [6.07, 6.45) is 13.1. The van der Waals surface area contributed by atoms with Gasteiger partial charge in [0.2, 0.25) is 6.41 Å². The predicted octanol–water partition coefficient (Wildman–Crippen LogP) is 6.60. The fourth-order valence-electron chi connectivity index (χ4n) is 4.78. The Kier molecular flexibility index (Phi) is 13.8. The van der Waals surface area contributed by atoms with Crippen molar-refractivity contribution in [1.29, 1.82) is 0 Å². The number of carbonyl (C=O) groups is 2. The fourth-order valence-corrected chi connectivity index (χ4v) is 5.68. The van der Waals surface area contributed by atoms with E-state index in [1.807, 2.05) is 26.3 Å². The van der Waals surface area contributed by atoms with Crippen LogP contribution in [0.4, 0.5) is 0 Å². The van der Waals surface area contributed by atoms with Gasteiger partial charge >= 0.3 is 0 Å². The van der Waals surface area contributed by atoms with Crippen LogP contribution in [0.2, 0.25) is 0 Å². The van der Waals surface area contributed by atoms with E-state index in [1.165, 1.54) is 29.8 Å². The van der Waals surface area contributed by atoms with Gasteiger partial charge in [0.1, 0.15) is 12.0 Å². The molecule has 3 heterocycles. The van der Waals surface area contributed by atoms with Crippen molar-refractivity contribution in [2.75, 3.05) is 13.6 Å². The minimum Gasteiger partial charge on any atom is -0.360 e. The van der Waals surface area contributed by atoms with E-state index in [-0.39, 0.29) is 17.9 Å². The molecule has 7 nitrogen and oxygen atoms in total. The van der Waals surface area contributed by atoms with E-state index in [1.54, 1.807) is 17.4 Å². The van der Waals surface area contributed by atoms with Gasteiger partial charge in [-0.25, -0.2) is 4.98 Å². The van der Waals surface area contributed by atoms with E-state index < -0.39 is 0 Å². The molecule has 4 unspecified atom stereocenters. The lowest BCUT2D eigenvalue weighted by molar-refractivity contribution is -0.110. The zero-order chi connectivity index (χ0) is 28.9. The van der Waals surface area contributed by atoms with Gasteiger partial charge in [-0.1, -0.05) is 51.1 Å². The van der Waals surface area contributed by atoms with E-state index in [0.717, 1.165) is 43.0 Å². The second-order valence-corrected chi connectivity index (χ2v) is 12.3. The Balaban J connectivity index is 0.000000236. The molecule has 2 aromatic rings. The topological polar surface area (TPSA) is 88.3 Å². The summed E-state index contributed by atoms with van der Waals surface area (Å²) in [6, 6.07) is 2.78. The first kappa shape index (κ1) is 32.6. The molecule has 4 rings (SSSR count). The van der Waals surface area contributed by atoms with Crippen LogP contribution in [0.3, 0.4) is 0 Å². The van der Waals surface area contributed by atoms with Gasteiger partial charge in [0.25, 0.3) is 0 Å². The van der Waals surface area contributed by atoms with Crippen LogP contribution in [0.25, 0.3) is 0 Å². The second kappa shape index (κ2) is 16.5. The molecule has 2 aliphatic rings. The van der Waals surface area contributed by atoms with E-state index in [0.29, 0.717) is 17.6 Å². The van der Waals surface area contributed by atoms with Crippen molar-refractivity contribution in [2.45, 2.75) is 98.1 Å². The molecule has 4 atom stereocenters. The average Bonchev–Trinajstić information content (AvgIpc) is 3.62. The van der Waals surface area contributed by atoms with Crippen LogP contribution in [0.15, 0.2) is 39.9 Å². The van der Waals surface area contributed by atoms with E-state index in [9.17, 15) is 9.59 Å². The van der Waals surface area contributed by atoms with Gasteiger partial charge in [0.05, 0.1) is 28.9 Å². The molecule has 1 aliphatic carbocycles. The molecule has 1 fully saturated rings. The quantitative estimate of drug-likeness (QED) is 0.350. The van der Waals surface area contributed by atoms with Crippen LogP contribution >= 0.6 is 11.3 Å². The molecule has 1 amide bonds. The summed E-state index contributed by atoms with van der Waals surface area (Å²) in [5, 5.41) is 6.67. The zero-order valence-electron chi connectivity index (χ0n) is 25.0. The average molecular weight is 557 g/mol. The standard InChI is InChI=1S/C16H22N2OS.C9H13NO2.C6H13N/c1-11(2)8-15(17-9-19)13-4-6-14(7-5-13)16-12(3)18-10-20-16;1-6(2)8(5-11)9-4-7(3)10-12-9;1-6-4-3-5-7(6)2/h4-6,9-11,14-15H,7-8H2,1-3H3,(H,17,19);4-6,8H,1-3H3;6H,3-5H2,1-2H3. The van der Waals surface area contributed by atoms with Gasteiger partial charge < -0.3 is 19.5 Å². The van der Waals surface area contributed by atoms with Gasteiger partial charge in [0, 0.05) is 22.9 Å². The molecule has 8 heteroatoms. The lowest BCUT2D eigenvalue weighted by atomic mass is 9.89. The number of aryl methyl sites for hydroxylation is 2. The van der Waals surface area contributed by atoms with Crippen LogP contribution in [0, 0.1) is 25.7 Å². The molecular weight excluding hydrogens is 508 g/mol. The van der Waals surface area contributed by atoms with Crippen molar-refractivity contribution in [3.63, 3.8) is 0 Å². The molecule has 39 heavy (non-hydrogen) atoms. The molecule has 0 aromatic carbocycles. The second-order valence-electron chi connectivity index (χ2n) is 11.4. The van der Waals surface area contributed by atoms with Gasteiger partial charge in [-0.15, -0.1) is 11.3 Å². The molecule has 0 radical (unpaired) electrons. The van der Waals surface area contributed by atoms with Crippen LogP contribution in [-0.2, 0) is 9.59 Å². The maximum absolute atomic E-state index is 10.8. The summed E-state index contributed by atoms with van der Waals surface area (Å²) in [4.78, 5) is 29.5. The Bertz CT molecular complexity index is 1060. The number of hydrogen-bond acceptors (Lipinski definition) is 7. The zero-order valence-corrected chi connectivity index (χ0v) is 25.8. The highest BCUT2D eigenvalue weighted by Crippen LogP contribution is 2.32. The number of nitrogens with zero attached hydrogens (tertiary/aromatic N) is 3. The lowest BCUT2D eigenvalue weighted by Crippen LogP contribution is -2.31. The third-order valence-electron chi connectivity index (χ3n) is 7.35. The van der Waals surface area contributed by atoms with Crippen LogP contribution < -0.4 is 5.32 Å². The highest BCUT2D eigenvalue weighted by Gasteiger charge is 2.20. The highest BCUT2D eigenvalue weighted by atomic mass is 32.1. The van der Waals surface area contributed by atoms with Crippen molar-refractivity contribution in [3.8, 4) is 0 Å². The normalized spacial score (nSPS) is 20.4. The Morgan fingerprint density at radius 3 is 2.36 bits per heavy atom. The van der Waals surface area contributed by atoms with Crippen molar-refractivity contribution in [3.05, 3.63) is 57.4 Å². The van der Waals surface area contributed by atoms with Crippen molar-refractivity contribution in [2.24, 2.45) is 11.8 Å². The van der Waals surface area contributed by atoms with E-state index in [4.69, 9.17) is 4.52 Å². The molecule has 2 aromatic heterocycles. The first-order valence-electron chi connectivity index (χ1n) is 14.1. The van der Waals surface area contributed by atoms with Crippen LogP contribution in [-0.4, -0.2) is 53.4 Å². The van der Waals surface area contributed by atoms with E-state index in [2.05, 4.69) is 73.3 Å². The Morgan fingerprint density at radius 1 is 1.23 bits per heavy atom. The first-order chi connectivity index (χ1) is 18.6. The van der Waals surface area contributed by atoms with Gasteiger partial charge in [-0.05, 0) is 77.5 Å². The molecule has 1 saturated heterocycles. The maximum Gasteiger partial charge on any atom is 0.207 e. The van der Waals surface area contributed by atoms with Gasteiger partial charge in [0.15, 0.2) is 0 Å². The van der Waals surface area contributed by atoms with Gasteiger partial charge in [-0.2, -0.15) is 0 Å². The lowest BCUT2D eigenvalue weighted by Gasteiger charge is -2.23. The molecular formula is C31H48N4O3S. The number of aldehydes is 1. The van der Waals surface area contributed by atoms with Crippen molar-refractivity contribution >= 4 is 24.0 Å². The third-order valence-corrected chi connectivity index (χ3v) is 8.41. The molecule has 1 aliphatic heterocycles. The van der Waals surface area contributed by atoms with Gasteiger partial charge in [-0.3, -0.25) is 4.79 Å². The number of amides is 1.